The van der Waals surface area contributed by atoms with Gasteiger partial charge >= 0.3 is 0 Å². The van der Waals surface area contributed by atoms with Crippen molar-refractivity contribution in [1.82, 2.24) is 0 Å². The highest BCUT2D eigenvalue weighted by atomic mass is 16.3. The predicted molar refractivity (Wildman–Crippen MR) is 34.9 cm³/mol. The lowest BCUT2D eigenvalue weighted by Gasteiger charge is -2.04. The van der Waals surface area contributed by atoms with E-state index in [1.165, 1.54) is 0 Å². The van der Waals surface area contributed by atoms with E-state index in [1.807, 2.05) is 0 Å². The van der Waals surface area contributed by atoms with Crippen molar-refractivity contribution in [2.45, 2.75) is 32.4 Å². The third-order valence-electron chi connectivity index (χ3n) is 0.931. The molecule has 0 fully saturated rings. The van der Waals surface area contributed by atoms with Crippen LogP contribution in [0.25, 0.3) is 10.4 Å². The van der Waals surface area contributed by atoms with Crippen molar-refractivity contribution < 1.29 is 5.11 Å². The molecule has 0 aliphatic carbocycles. The van der Waals surface area contributed by atoms with Crippen LogP contribution in [0.3, 0.4) is 0 Å². The zero-order chi connectivity index (χ0) is 7.28. The van der Waals surface area contributed by atoms with Crippen LogP contribution >= 0.6 is 0 Å². The highest BCUT2D eigenvalue weighted by Gasteiger charge is 2.01. The molecule has 2 atom stereocenters. The van der Waals surface area contributed by atoms with Crippen molar-refractivity contribution in [1.29, 1.82) is 0 Å². The topological polar surface area (TPSA) is 69.0 Å². The zero-order valence-electron chi connectivity index (χ0n) is 5.65. The molecule has 0 aromatic rings. The number of hydrogen-bond acceptors (Lipinski definition) is 2. The molecule has 0 spiro atoms. The van der Waals surface area contributed by atoms with Gasteiger partial charge in [-0.05, 0) is 18.9 Å². The summed E-state index contributed by atoms with van der Waals surface area (Å²) in [5.74, 6) is 0. The number of aliphatic hydroxyl groups is 1. The molecule has 52 valence electrons. The van der Waals surface area contributed by atoms with E-state index in [1.54, 1.807) is 13.8 Å². The first kappa shape index (κ1) is 8.27. The van der Waals surface area contributed by atoms with Crippen molar-refractivity contribution in [3.8, 4) is 0 Å². The van der Waals surface area contributed by atoms with Gasteiger partial charge in [0.25, 0.3) is 0 Å². The van der Waals surface area contributed by atoms with Crippen LogP contribution in [0.2, 0.25) is 0 Å². The quantitative estimate of drug-likeness (QED) is 0.349. The fourth-order valence-electron chi connectivity index (χ4n) is 0.629. The normalized spacial score (nSPS) is 15.9. The van der Waals surface area contributed by atoms with E-state index in [-0.39, 0.29) is 12.1 Å². The third kappa shape index (κ3) is 5.14. The molecule has 0 heterocycles. The molecule has 1 N–H and O–H groups in total. The van der Waals surface area contributed by atoms with E-state index < -0.39 is 0 Å². The molecule has 0 aliphatic heterocycles. The lowest BCUT2D eigenvalue weighted by molar-refractivity contribution is 0.177. The Morgan fingerprint density at radius 2 is 2.22 bits per heavy atom. The molecule has 0 rings (SSSR count). The van der Waals surface area contributed by atoms with Crippen LogP contribution in [0.1, 0.15) is 20.3 Å². The van der Waals surface area contributed by atoms with Crippen molar-refractivity contribution >= 4 is 0 Å². The summed E-state index contributed by atoms with van der Waals surface area (Å²) in [6, 6.07) is -0.102. The Kier molecular flexibility index (Phi) is 3.84. The molecule has 4 heteroatoms. The lowest BCUT2D eigenvalue weighted by Crippen LogP contribution is -2.08. The van der Waals surface area contributed by atoms with Crippen LogP contribution in [-0.4, -0.2) is 17.3 Å². The number of hydrogen-bond donors (Lipinski definition) is 1. The summed E-state index contributed by atoms with van der Waals surface area (Å²) in [6.07, 6.45) is 0.148. The molecule has 0 saturated heterocycles. The summed E-state index contributed by atoms with van der Waals surface area (Å²) >= 11 is 0. The first-order valence-corrected chi connectivity index (χ1v) is 2.89. The minimum absolute atomic E-state index is 0.102. The Morgan fingerprint density at radius 3 is 2.56 bits per heavy atom. The van der Waals surface area contributed by atoms with Gasteiger partial charge in [0, 0.05) is 11.0 Å². The third-order valence-corrected chi connectivity index (χ3v) is 0.931. The molecule has 0 aromatic carbocycles. The lowest BCUT2D eigenvalue weighted by atomic mass is 10.2. The smallest absolute Gasteiger partial charge is 0.0516 e. The van der Waals surface area contributed by atoms with Gasteiger partial charge in [0.2, 0.25) is 0 Å². The average Bonchev–Trinajstić information content (AvgIpc) is 1.63. The van der Waals surface area contributed by atoms with Gasteiger partial charge in [0.05, 0.1) is 6.10 Å². The van der Waals surface area contributed by atoms with E-state index in [9.17, 15) is 0 Å². The van der Waals surface area contributed by atoms with E-state index in [0.717, 1.165) is 0 Å². The molecule has 2 unspecified atom stereocenters. The number of azide groups is 1. The molecule has 4 nitrogen and oxygen atoms in total. The molecule has 0 bridgehead atoms. The van der Waals surface area contributed by atoms with Crippen LogP contribution in [0.15, 0.2) is 5.11 Å². The minimum Gasteiger partial charge on any atom is -0.393 e. The van der Waals surface area contributed by atoms with Crippen LogP contribution in [0.5, 0.6) is 0 Å². The Bertz CT molecular complexity index is 117. The second-order valence-electron chi connectivity index (χ2n) is 2.14. The molecule has 0 radical (unpaired) electrons. The van der Waals surface area contributed by atoms with E-state index in [0.29, 0.717) is 6.42 Å². The van der Waals surface area contributed by atoms with Gasteiger partial charge in [-0.3, -0.25) is 0 Å². The monoisotopic (exact) mass is 129 g/mol. The van der Waals surface area contributed by atoms with Gasteiger partial charge in [-0.1, -0.05) is 12.0 Å². The van der Waals surface area contributed by atoms with Gasteiger partial charge in [-0.15, -0.1) is 0 Å². The fraction of sp³-hybridized carbons (Fsp3) is 1.00. The van der Waals surface area contributed by atoms with Gasteiger partial charge in [-0.2, -0.15) is 0 Å². The average molecular weight is 129 g/mol. The molecule has 0 saturated carbocycles. The molecule has 9 heavy (non-hydrogen) atoms. The van der Waals surface area contributed by atoms with Gasteiger partial charge in [0.1, 0.15) is 0 Å². The second-order valence-corrected chi connectivity index (χ2v) is 2.14. The summed E-state index contributed by atoms with van der Waals surface area (Å²) in [5, 5.41) is 12.2. The Hall–Kier alpha value is -0.730. The van der Waals surface area contributed by atoms with Gasteiger partial charge in [0.15, 0.2) is 0 Å². The summed E-state index contributed by atoms with van der Waals surface area (Å²) in [7, 11) is 0. The van der Waals surface area contributed by atoms with Crippen LogP contribution < -0.4 is 0 Å². The van der Waals surface area contributed by atoms with E-state index in [2.05, 4.69) is 10.0 Å². The highest BCUT2D eigenvalue weighted by Crippen LogP contribution is 2.00. The van der Waals surface area contributed by atoms with Crippen molar-refractivity contribution in [2.75, 3.05) is 0 Å². The van der Waals surface area contributed by atoms with Gasteiger partial charge in [-0.25, -0.2) is 0 Å². The summed E-state index contributed by atoms with van der Waals surface area (Å²) in [5.41, 5.74) is 7.93. The Morgan fingerprint density at radius 1 is 1.67 bits per heavy atom. The molecule has 0 aliphatic rings. The van der Waals surface area contributed by atoms with Crippen molar-refractivity contribution in [3.05, 3.63) is 10.4 Å². The Balaban J connectivity index is 3.49. The van der Waals surface area contributed by atoms with Crippen molar-refractivity contribution in [2.24, 2.45) is 5.11 Å². The standard InChI is InChI=1S/C5H11N3O/c1-4(7-8-6)3-5(2)9/h4-5,9H,3H2,1-2H3. The maximum absolute atomic E-state index is 8.77. The van der Waals surface area contributed by atoms with Crippen LogP contribution in [0, 0.1) is 0 Å². The first-order chi connectivity index (χ1) is 4.16. The number of nitrogens with zero attached hydrogens (tertiary/aromatic N) is 3. The van der Waals surface area contributed by atoms with E-state index in [4.69, 9.17) is 10.6 Å². The maximum atomic E-state index is 8.77. The molecular formula is C5H11N3O. The molecule has 0 aromatic heterocycles. The summed E-state index contributed by atoms with van der Waals surface area (Å²) < 4.78 is 0. The second kappa shape index (κ2) is 4.18. The largest absolute Gasteiger partial charge is 0.393 e. The number of rotatable bonds is 3. The van der Waals surface area contributed by atoms with Crippen LogP contribution in [0.4, 0.5) is 0 Å². The Labute approximate surface area is 54.1 Å². The fourth-order valence-corrected chi connectivity index (χ4v) is 0.629. The minimum atomic E-state index is -0.384. The van der Waals surface area contributed by atoms with Crippen LogP contribution in [-0.2, 0) is 0 Å². The predicted octanol–water partition coefficient (Wildman–Crippen LogP) is 1.46. The number of aliphatic hydroxyl groups excluding tert-OH is 1. The van der Waals surface area contributed by atoms with Gasteiger partial charge < -0.3 is 5.11 Å². The molecule has 0 amide bonds. The molecular weight excluding hydrogens is 118 g/mol. The SMILES string of the molecule is CC(O)CC(C)N=[N+]=[N-]. The maximum Gasteiger partial charge on any atom is 0.0516 e. The first-order valence-electron chi connectivity index (χ1n) is 2.89. The zero-order valence-corrected chi connectivity index (χ0v) is 5.65. The summed E-state index contributed by atoms with van der Waals surface area (Å²) in [6.45, 7) is 3.44. The van der Waals surface area contributed by atoms with Crippen molar-refractivity contribution in [3.63, 3.8) is 0 Å². The van der Waals surface area contributed by atoms with E-state index >= 15 is 0 Å². The summed E-state index contributed by atoms with van der Waals surface area (Å²) in [4.78, 5) is 2.60. The highest BCUT2D eigenvalue weighted by molar-refractivity contribution is 4.63.